The van der Waals surface area contributed by atoms with Crippen molar-refractivity contribution in [3.05, 3.63) is 71.3 Å². The fourth-order valence-corrected chi connectivity index (χ4v) is 2.59. The van der Waals surface area contributed by atoms with Gasteiger partial charge in [-0.15, -0.1) is 0 Å². The van der Waals surface area contributed by atoms with Crippen molar-refractivity contribution in [2.75, 3.05) is 13.1 Å². The number of amides is 1. The van der Waals surface area contributed by atoms with E-state index in [4.69, 9.17) is 0 Å². The van der Waals surface area contributed by atoms with Crippen LogP contribution in [0.2, 0.25) is 0 Å². The van der Waals surface area contributed by atoms with Gasteiger partial charge in [-0.25, -0.2) is 0 Å². The molecule has 0 spiro atoms. The average Bonchev–Trinajstić information content (AvgIpc) is 2.60. The zero-order valence-electron chi connectivity index (χ0n) is 13.3. The monoisotopic (exact) mass is 319 g/mol. The molecule has 24 heavy (non-hydrogen) atoms. The number of hydrogen-bond acceptors (Lipinski definition) is 4. The summed E-state index contributed by atoms with van der Waals surface area (Å²) in [6, 6.07) is 7.39. The normalized spacial score (nSPS) is 18.2. The molecule has 5 nitrogen and oxygen atoms in total. The standard InChI is InChI=1S/C19H17N3O2/c1-14(23)22-12-17(8-15-4-2-6-20-10-15)19(24)18(13-22)9-16-5-3-7-21-11-16/h2-11H,12-13H2,1H3/b17-8-,18-9+. The van der Waals surface area contributed by atoms with Gasteiger partial charge in [0.15, 0.2) is 5.78 Å². The van der Waals surface area contributed by atoms with Gasteiger partial charge in [0.25, 0.3) is 0 Å². The number of hydrogen-bond donors (Lipinski definition) is 0. The predicted octanol–water partition coefficient (Wildman–Crippen LogP) is 2.37. The second kappa shape index (κ2) is 7.00. The van der Waals surface area contributed by atoms with Gasteiger partial charge in [0.1, 0.15) is 0 Å². The van der Waals surface area contributed by atoms with E-state index >= 15 is 0 Å². The van der Waals surface area contributed by atoms with E-state index in [1.54, 1.807) is 41.8 Å². The molecule has 1 aliphatic heterocycles. The summed E-state index contributed by atoms with van der Waals surface area (Å²) >= 11 is 0. The third kappa shape index (κ3) is 3.63. The molecule has 120 valence electrons. The Morgan fingerprint density at radius 2 is 1.50 bits per heavy atom. The van der Waals surface area contributed by atoms with Crippen molar-refractivity contribution in [2.45, 2.75) is 6.92 Å². The molecule has 1 fully saturated rings. The van der Waals surface area contributed by atoms with Crippen LogP contribution >= 0.6 is 0 Å². The highest BCUT2D eigenvalue weighted by atomic mass is 16.2. The Kier molecular flexibility index (Phi) is 4.61. The molecule has 0 aliphatic carbocycles. The molecule has 2 aromatic rings. The number of likely N-dealkylation sites (tertiary alicyclic amines) is 1. The minimum absolute atomic E-state index is 0.0415. The lowest BCUT2D eigenvalue weighted by Gasteiger charge is -2.29. The summed E-state index contributed by atoms with van der Waals surface area (Å²) in [5.41, 5.74) is 2.85. The molecular weight excluding hydrogens is 302 g/mol. The minimum Gasteiger partial charge on any atom is -0.334 e. The number of piperidine rings is 1. The van der Waals surface area contributed by atoms with Crippen LogP contribution in [0, 0.1) is 0 Å². The fraction of sp³-hybridized carbons (Fsp3) is 0.158. The van der Waals surface area contributed by atoms with E-state index in [9.17, 15) is 9.59 Å². The summed E-state index contributed by atoms with van der Waals surface area (Å²) in [6.45, 7) is 2.14. The Hall–Kier alpha value is -3.08. The molecule has 1 saturated heterocycles. The van der Waals surface area contributed by atoms with Gasteiger partial charge < -0.3 is 4.90 Å². The van der Waals surface area contributed by atoms with Gasteiger partial charge in [0, 0.05) is 55.9 Å². The van der Waals surface area contributed by atoms with E-state index in [1.807, 2.05) is 24.3 Å². The third-order valence-corrected chi connectivity index (χ3v) is 3.80. The molecule has 2 aromatic heterocycles. The lowest BCUT2D eigenvalue weighted by Crippen LogP contribution is -2.40. The number of carbonyl (C=O) groups excluding carboxylic acids is 2. The maximum Gasteiger partial charge on any atom is 0.220 e. The van der Waals surface area contributed by atoms with Crippen molar-refractivity contribution in [1.29, 1.82) is 0 Å². The van der Waals surface area contributed by atoms with E-state index < -0.39 is 0 Å². The second-order valence-corrected chi connectivity index (χ2v) is 5.62. The van der Waals surface area contributed by atoms with Crippen LogP contribution in [0.5, 0.6) is 0 Å². The fourth-order valence-electron chi connectivity index (χ4n) is 2.59. The number of pyridine rings is 2. The zero-order chi connectivity index (χ0) is 16.9. The van der Waals surface area contributed by atoms with Crippen molar-refractivity contribution in [2.24, 2.45) is 0 Å². The van der Waals surface area contributed by atoms with Gasteiger partial charge in [-0.3, -0.25) is 19.6 Å². The Balaban J connectivity index is 1.98. The largest absolute Gasteiger partial charge is 0.334 e. The van der Waals surface area contributed by atoms with Crippen molar-refractivity contribution < 1.29 is 9.59 Å². The Bertz CT molecular complexity index is 750. The molecule has 0 N–H and O–H groups in total. The number of ketones is 1. The number of aromatic nitrogens is 2. The SMILES string of the molecule is CC(=O)N1C/C(=C/c2cccnc2)C(=O)/C(=C/c2cccnc2)C1. The van der Waals surface area contributed by atoms with Gasteiger partial charge in [-0.2, -0.15) is 0 Å². The van der Waals surface area contributed by atoms with Crippen molar-refractivity contribution in [3.63, 3.8) is 0 Å². The number of nitrogens with zero attached hydrogens (tertiary/aromatic N) is 3. The average molecular weight is 319 g/mol. The molecule has 5 heteroatoms. The topological polar surface area (TPSA) is 63.2 Å². The number of Topliss-reactive ketones (excluding diaryl/α,β-unsaturated/α-hetero) is 1. The summed E-state index contributed by atoms with van der Waals surface area (Å²) < 4.78 is 0. The first-order chi connectivity index (χ1) is 11.6. The molecule has 3 rings (SSSR count). The zero-order valence-corrected chi connectivity index (χ0v) is 13.3. The molecule has 1 aliphatic rings. The summed E-state index contributed by atoms with van der Waals surface area (Å²) in [5, 5.41) is 0. The van der Waals surface area contributed by atoms with E-state index in [0.717, 1.165) is 11.1 Å². The van der Waals surface area contributed by atoms with E-state index in [1.165, 1.54) is 6.92 Å². The molecule has 0 unspecified atom stereocenters. The molecular formula is C19H17N3O2. The first-order valence-corrected chi connectivity index (χ1v) is 7.65. The summed E-state index contributed by atoms with van der Waals surface area (Å²) in [7, 11) is 0. The van der Waals surface area contributed by atoms with Crippen LogP contribution < -0.4 is 0 Å². The first kappa shape index (κ1) is 15.8. The highest BCUT2D eigenvalue weighted by molar-refractivity contribution is 6.15. The van der Waals surface area contributed by atoms with Gasteiger partial charge in [-0.1, -0.05) is 12.1 Å². The highest BCUT2D eigenvalue weighted by Gasteiger charge is 2.27. The molecule has 0 radical (unpaired) electrons. The van der Waals surface area contributed by atoms with Crippen molar-refractivity contribution >= 4 is 23.8 Å². The minimum atomic E-state index is -0.0586. The van der Waals surface area contributed by atoms with Crippen LogP contribution in [0.25, 0.3) is 12.2 Å². The van der Waals surface area contributed by atoms with E-state index in [-0.39, 0.29) is 11.7 Å². The molecule has 3 heterocycles. The Morgan fingerprint density at radius 3 is 1.88 bits per heavy atom. The maximum absolute atomic E-state index is 12.8. The summed E-state index contributed by atoms with van der Waals surface area (Å²) in [4.78, 5) is 34.4. The van der Waals surface area contributed by atoms with E-state index in [0.29, 0.717) is 24.2 Å². The highest BCUT2D eigenvalue weighted by Crippen LogP contribution is 2.21. The predicted molar refractivity (Wildman–Crippen MR) is 91.7 cm³/mol. The lowest BCUT2D eigenvalue weighted by molar-refractivity contribution is -0.129. The third-order valence-electron chi connectivity index (χ3n) is 3.80. The van der Waals surface area contributed by atoms with Crippen molar-refractivity contribution in [1.82, 2.24) is 14.9 Å². The summed E-state index contributed by atoms with van der Waals surface area (Å²) in [5.74, 6) is -0.100. The molecule has 0 saturated carbocycles. The van der Waals surface area contributed by atoms with Crippen LogP contribution in [0.1, 0.15) is 18.1 Å². The van der Waals surface area contributed by atoms with Gasteiger partial charge in [0.05, 0.1) is 0 Å². The molecule has 1 amide bonds. The molecule has 0 aromatic carbocycles. The lowest BCUT2D eigenvalue weighted by atomic mass is 9.94. The van der Waals surface area contributed by atoms with Crippen LogP contribution in [-0.4, -0.2) is 39.6 Å². The van der Waals surface area contributed by atoms with Crippen molar-refractivity contribution in [3.8, 4) is 0 Å². The van der Waals surface area contributed by atoms with Crippen LogP contribution in [-0.2, 0) is 9.59 Å². The maximum atomic E-state index is 12.8. The second-order valence-electron chi connectivity index (χ2n) is 5.62. The van der Waals surface area contributed by atoms with Crippen LogP contribution in [0.4, 0.5) is 0 Å². The van der Waals surface area contributed by atoms with Gasteiger partial charge in [0.2, 0.25) is 5.91 Å². The smallest absolute Gasteiger partial charge is 0.220 e. The van der Waals surface area contributed by atoms with Crippen LogP contribution in [0.3, 0.4) is 0 Å². The number of rotatable bonds is 2. The van der Waals surface area contributed by atoms with Crippen LogP contribution in [0.15, 0.2) is 60.2 Å². The Morgan fingerprint density at radius 1 is 1.00 bits per heavy atom. The first-order valence-electron chi connectivity index (χ1n) is 7.65. The number of carbonyl (C=O) groups is 2. The Labute approximate surface area is 140 Å². The molecule has 0 bridgehead atoms. The quantitative estimate of drug-likeness (QED) is 0.797. The van der Waals surface area contributed by atoms with Gasteiger partial charge >= 0.3 is 0 Å². The summed E-state index contributed by atoms with van der Waals surface area (Å²) in [6.07, 6.45) is 10.3. The van der Waals surface area contributed by atoms with E-state index in [2.05, 4.69) is 9.97 Å². The molecule has 0 atom stereocenters. The van der Waals surface area contributed by atoms with Gasteiger partial charge in [-0.05, 0) is 35.4 Å².